The summed E-state index contributed by atoms with van der Waals surface area (Å²) in [5, 5.41) is 0.586. The third-order valence-corrected chi connectivity index (χ3v) is 4.63. The molecule has 0 aliphatic rings. The lowest BCUT2D eigenvalue weighted by Crippen LogP contribution is -2.26. The van der Waals surface area contributed by atoms with Gasteiger partial charge in [-0.15, -0.1) is 0 Å². The number of sulfonamides is 1. The predicted octanol–water partition coefficient (Wildman–Crippen LogP) is 3.52. The standard InChI is InChI=1S/C14H13ClFNO2S/c1-10(11-2-4-12(15)5-3-11)17-20(18,19)14-8-6-13(16)7-9-14/h2-10,17H,1H3. The smallest absolute Gasteiger partial charge is 0.207 e. The van der Waals surface area contributed by atoms with Crippen molar-refractivity contribution in [1.29, 1.82) is 0 Å². The molecule has 0 saturated heterocycles. The van der Waals surface area contributed by atoms with E-state index in [2.05, 4.69) is 4.72 Å². The quantitative estimate of drug-likeness (QED) is 0.938. The molecular weight excluding hydrogens is 301 g/mol. The zero-order valence-electron chi connectivity index (χ0n) is 10.7. The van der Waals surface area contributed by atoms with Crippen LogP contribution in [-0.2, 0) is 10.0 Å². The Kier molecular flexibility index (Phi) is 4.42. The maximum Gasteiger partial charge on any atom is 0.241 e. The van der Waals surface area contributed by atoms with Crippen LogP contribution in [0.3, 0.4) is 0 Å². The summed E-state index contributed by atoms with van der Waals surface area (Å²) in [5.74, 6) is -0.477. The largest absolute Gasteiger partial charge is 0.241 e. The van der Waals surface area contributed by atoms with E-state index in [1.54, 1.807) is 31.2 Å². The van der Waals surface area contributed by atoms with Crippen LogP contribution in [0.2, 0.25) is 5.02 Å². The lowest BCUT2D eigenvalue weighted by molar-refractivity contribution is 0.566. The molecule has 6 heteroatoms. The van der Waals surface area contributed by atoms with Gasteiger partial charge in [0, 0.05) is 11.1 Å². The Morgan fingerprint density at radius 3 is 2.15 bits per heavy atom. The van der Waals surface area contributed by atoms with E-state index < -0.39 is 21.9 Å². The topological polar surface area (TPSA) is 46.2 Å². The molecule has 2 aromatic rings. The van der Waals surface area contributed by atoms with E-state index in [9.17, 15) is 12.8 Å². The second kappa shape index (κ2) is 5.91. The summed E-state index contributed by atoms with van der Waals surface area (Å²) in [4.78, 5) is 0.0275. The summed E-state index contributed by atoms with van der Waals surface area (Å²) >= 11 is 5.79. The van der Waals surface area contributed by atoms with Crippen LogP contribution in [0, 0.1) is 5.82 Å². The summed E-state index contributed by atoms with van der Waals surface area (Å²) in [5.41, 5.74) is 0.792. The van der Waals surface area contributed by atoms with Crippen LogP contribution in [0.5, 0.6) is 0 Å². The third kappa shape index (κ3) is 3.56. The normalized spacial score (nSPS) is 13.2. The van der Waals surface area contributed by atoms with E-state index in [1.807, 2.05) is 0 Å². The monoisotopic (exact) mass is 313 g/mol. The summed E-state index contributed by atoms with van der Waals surface area (Å²) < 4.78 is 39.6. The van der Waals surface area contributed by atoms with Gasteiger partial charge in [-0.05, 0) is 48.9 Å². The summed E-state index contributed by atoms with van der Waals surface area (Å²) in [6, 6.07) is 11.2. The van der Waals surface area contributed by atoms with E-state index in [-0.39, 0.29) is 4.90 Å². The number of hydrogen-bond donors (Lipinski definition) is 1. The van der Waals surface area contributed by atoms with E-state index >= 15 is 0 Å². The average molecular weight is 314 g/mol. The predicted molar refractivity (Wildman–Crippen MR) is 76.6 cm³/mol. The van der Waals surface area contributed by atoms with Crippen LogP contribution in [-0.4, -0.2) is 8.42 Å². The first-order chi connectivity index (χ1) is 9.38. The first-order valence-electron chi connectivity index (χ1n) is 5.92. The number of halogens is 2. The van der Waals surface area contributed by atoms with Crippen LogP contribution in [0.15, 0.2) is 53.4 Å². The van der Waals surface area contributed by atoms with Gasteiger partial charge in [-0.2, -0.15) is 0 Å². The van der Waals surface area contributed by atoms with Crippen LogP contribution >= 0.6 is 11.6 Å². The van der Waals surface area contributed by atoms with Gasteiger partial charge in [0.1, 0.15) is 5.82 Å². The molecule has 1 unspecified atom stereocenters. The number of hydrogen-bond acceptors (Lipinski definition) is 2. The first-order valence-corrected chi connectivity index (χ1v) is 7.78. The Balaban J connectivity index is 2.19. The maximum absolute atomic E-state index is 12.8. The van der Waals surface area contributed by atoms with Crippen molar-refractivity contribution in [1.82, 2.24) is 4.72 Å². The van der Waals surface area contributed by atoms with Gasteiger partial charge in [0.25, 0.3) is 0 Å². The highest BCUT2D eigenvalue weighted by atomic mass is 35.5. The van der Waals surface area contributed by atoms with Crippen LogP contribution in [0.1, 0.15) is 18.5 Å². The van der Waals surface area contributed by atoms with Gasteiger partial charge in [-0.1, -0.05) is 23.7 Å². The van der Waals surface area contributed by atoms with Crippen molar-refractivity contribution < 1.29 is 12.8 Å². The molecule has 0 spiro atoms. The highest BCUT2D eigenvalue weighted by molar-refractivity contribution is 7.89. The van der Waals surface area contributed by atoms with Crippen molar-refractivity contribution in [3.05, 3.63) is 64.9 Å². The zero-order valence-corrected chi connectivity index (χ0v) is 12.2. The Morgan fingerprint density at radius 2 is 1.60 bits per heavy atom. The lowest BCUT2D eigenvalue weighted by atomic mass is 10.1. The van der Waals surface area contributed by atoms with Crippen molar-refractivity contribution in [2.24, 2.45) is 0 Å². The molecule has 0 heterocycles. The fourth-order valence-corrected chi connectivity index (χ4v) is 3.09. The highest BCUT2D eigenvalue weighted by Crippen LogP contribution is 2.19. The summed E-state index contributed by atoms with van der Waals surface area (Å²) in [7, 11) is -3.68. The van der Waals surface area contributed by atoms with Gasteiger partial charge in [-0.3, -0.25) is 0 Å². The van der Waals surface area contributed by atoms with Crippen molar-refractivity contribution in [3.8, 4) is 0 Å². The van der Waals surface area contributed by atoms with E-state index in [1.165, 1.54) is 12.1 Å². The molecule has 2 aromatic carbocycles. The molecule has 1 atom stereocenters. The molecule has 0 aliphatic carbocycles. The van der Waals surface area contributed by atoms with Gasteiger partial charge in [0.15, 0.2) is 0 Å². The minimum atomic E-state index is -3.68. The van der Waals surface area contributed by atoms with Crippen LogP contribution < -0.4 is 4.72 Å². The molecule has 3 nitrogen and oxygen atoms in total. The molecule has 20 heavy (non-hydrogen) atoms. The van der Waals surface area contributed by atoms with Crippen LogP contribution in [0.25, 0.3) is 0 Å². The second-order valence-corrected chi connectivity index (χ2v) is 6.50. The number of nitrogens with one attached hydrogen (secondary N) is 1. The Hall–Kier alpha value is -1.43. The van der Waals surface area contributed by atoms with Crippen molar-refractivity contribution in [2.75, 3.05) is 0 Å². The fourth-order valence-electron chi connectivity index (χ4n) is 1.73. The fraction of sp³-hybridized carbons (Fsp3) is 0.143. The van der Waals surface area contributed by atoms with Gasteiger partial charge < -0.3 is 0 Å². The average Bonchev–Trinajstić information content (AvgIpc) is 2.39. The molecule has 0 amide bonds. The van der Waals surface area contributed by atoms with E-state index in [0.717, 1.165) is 17.7 Å². The summed E-state index contributed by atoms with van der Waals surface area (Å²) in [6.07, 6.45) is 0. The second-order valence-electron chi connectivity index (χ2n) is 4.35. The zero-order chi connectivity index (χ0) is 14.8. The third-order valence-electron chi connectivity index (χ3n) is 2.83. The molecule has 0 fully saturated rings. The molecule has 0 aromatic heterocycles. The Morgan fingerprint density at radius 1 is 1.05 bits per heavy atom. The first kappa shape index (κ1) is 15.0. The lowest BCUT2D eigenvalue weighted by Gasteiger charge is -2.14. The van der Waals surface area contributed by atoms with Crippen LogP contribution in [0.4, 0.5) is 4.39 Å². The highest BCUT2D eigenvalue weighted by Gasteiger charge is 2.18. The van der Waals surface area contributed by atoms with E-state index in [4.69, 9.17) is 11.6 Å². The molecule has 0 bridgehead atoms. The Labute approximate surface area is 122 Å². The molecule has 0 radical (unpaired) electrons. The minimum Gasteiger partial charge on any atom is -0.207 e. The number of rotatable bonds is 4. The van der Waals surface area contributed by atoms with Gasteiger partial charge >= 0.3 is 0 Å². The molecular formula is C14H13ClFNO2S. The van der Waals surface area contributed by atoms with Crippen molar-refractivity contribution in [3.63, 3.8) is 0 Å². The van der Waals surface area contributed by atoms with Gasteiger partial charge in [0.2, 0.25) is 10.0 Å². The van der Waals surface area contributed by atoms with Crippen molar-refractivity contribution >= 4 is 21.6 Å². The molecule has 106 valence electrons. The molecule has 2 rings (SSSR count). The van der Waals surface area contributed by atoms with Gasteiger partial charge in [-0.25, -0.2) is 17.5 Å². The molecule has 1 N–H and O–H groups in total. The van der Waals surface area contributed by atoms with Crippen molar-refractivity contribution in [2.45, 2.75) is 17.9 Å². The number of benzene rings is 2. The van der Waals surface area contributed by atoms with Gasteiger partial charge in [0.05, 0.1) is 4.90 Å². The minimum absolute atomic E-state index is 0.0275. The molecule has 0 aliphatic heterocycles. The molecule has 0 saturated carbocycles. The maximum atomic E-state index is 12.8. The van der Waals surface area contributed by atoms with E-state index in [0.29, 0.717) is 5.02 Å². The summed E-state index contributed by atoms with van der Waals surface area (Å²) in [6.45, 7) is 1.73. The SMILES string of the molecule is CC(NS(=O)(=O)c1ccc(F)cc1)c1ccc(Cl)cc1. The Bertz CT molecular complexity index is 684.